The molecule has 0 aliphatic heterocycles. The molecule has 3 nitrogen and oxygen atoms in total. The van der Waals surface area contributed by atoms with Gasteiger partial charge in [0.1, 0.15) is 10.7 Å². The standard InChI is InChI=1S/C12H9ClFNO2S/c1-6-15-10(11(18-6)12(16)17)5-7-8(13)3-2-4-9(7)14/h2-4H,5H2,1H3,(H,16,17). The largest absolute Gasteiger partial charge is 0.477 e. The van der Waals surface area contributed by atoms with Crippen LogP contribution < -0.4 is 0 Å². The van der Waals surface area contributed by atoms with E-state index in [1.165, 1.54) is 12.1 Å². The molecule has 18 heavy (non-hydrogen) atoms. The number of hydrogen-bond acceptors (Lipinski definition) is 3. The first-order chi connectivity index (χ1) is 8.49. The Morgan fingerprint density at radius 3 is 2.89 bits per heavy atom. The highest BCUT2D eigenvalue weighted by Crippen LogP contribution is 2.26. The predicted molar refractivity (Wildman–Crippen MR) is 68.0 cm³/mol. The number of carboxylic acids is 1. The molecular weight excluding hydrogens is 277 g/mol. The van der Waals surface area contributed by atoms with E-state index in [1.54, 1.807) is 13.0 Å². The number of nitrogens with zero attached hydrogens (tertiary/aromatic N) is 1. The van der Waals surface area contributed by atoms with Gasteiger partial charge in [0.2, 0.25) is 0 Å². The van der Waals surface area contributed by atoms with Crippen molar-refractivity contribution in [1.82, 2.24) is 4.98 Å². The molecule has 0 unspecified atom stereocenters. The molecule has 0 aliphatic carbocycles. The summed E-state index contributed by atoms with van der Waals surface area (Å²) >= 11 is 6.98. The van der Waals surface area contributed by atoms with E-state index < -0.39 is 11.8 Å². The lowest BCUT2D eigenvalue weighted by molar-refractivity contribution is 0.0701. The van der Waals surface area contributed by atoms with Crippen molar-refractivity contribution in [3.05, 3.63) is 50.2 Å². The van der Waals surface area contributed by atoms with Crippen LogP contribution in [-0.4, -0.2) is 16.1 Å². The predicted octanol–water partition coefficient (Wildman–Crippen LogP) is 3.53. The highest BCUT2D eigenvalue weighted by atomic mass is 35.5. The monoisotopic (exact) mass is 285 g/mol. The molecule has 2 aromatic rings. The maximum Gasteiger partial charge on any atom is 0.347 e. The van der Waals surface area contributed by atoms with Gasteiger partial charge in [0.05, 0.1) is 10.7 Å². The van der Waals surface area contributed by atoms with E-state index >= 15 is 0 Å². The van der Waals surface area contributed by atoms with Crippen LogP contribution in [0.1, 0.15) is 25.9 Å². The van der Waals surface area contributed by atoms with Gasteiger partial charge in [-0.25, -0.2) is 14.2 Å². The Bertz CT molecular complexity index is 592. The summed E-state index contributed by atoms with van der Waals surface area (Å²) in [6.45, 7) is 1.71. The minimum atomic E-state index is -1.05. The zero-order chi connectivity index (χ0) is 13.3. The van der Waals surface area contributed by atoms with E-state index in [0.717, 1.165) is 11.3 Å². The smallest absolute Gasteiger partial charge is 0.347 e. The van der Waals surface area contributed by atoms with Gasteiger partial charge in [-0.3, -0.25) is 0 Å². The van der Waals surface area contributed by atoms with Crippen LogP contribution in [0, 0.1) is 12.7 Å². The molecule has 94 valence electrons. The summed E-state index contributed by atoms with van der Waals surface area (Å²) in [4.78, 5) is 15.3. The van der Waals surface area contributed by atoms with Gasteiger partial charge in [-0.05, 0) is 19.1 Å². The zero-order valence-corrected chi connectivity index (χ0v) is 11.0. The van der Waals surface area contributed by atoms with Crippen LogP contribution in [-0.2, 0) is 6.42 Å². The Hall–Kier alpha value is -1.46. The van der Waals surface area contributed by atoms with Crippen molar-refractivity contribution in [2.24, 2.45) is 0 Å². The molecule has 1 aromatic carbocycles. The first-order valence-electron chi connectivity index (χ1n) is 5.11. The van der Waals surface area contributed by atoms with Crippen LogP contribution >= 0.6 is 22.9 Å². The molecule has 6 heteroatoms. The normalized spacial score (nSPS) is 10.6. The Morgan fingerprint density at radius 2 is 2.28 bits per heavy atom. The fourth-order valence-electron chi connectivity index (χ4n) is 1.63. The highest BCUT2D eigenvalue weighted by molar-refractivity contribution is 7.13. The molecule has 1 N–H and O–H groups in total. The number of hydrogen-bond donors (Lipinski definition) is 1. The Labute approximate surface area is 112 Å². The summed E-state index contributed by atoms with van der Waals surface area (Å²) < 4.78 is 13.6. The molecule has 2 rings (SSSR count). The molecule has 0 atom stereocenters. The molecule has 1 heterocycles. The van der Waals surface area contributed by atoms with Gasteiger partial charge in [-0.15, -0.1) is 11.3 Å². The second-order valence-electron chi connectivity index (χ2n) is 3.69. The molecular formula is C12H9ClFNO2S. The molecule has 0 spiro atoms. The van der Waals surface area contributed by atoms with Crippen LogP contribution in [0.15, 0.2) is 18.2 Å². The highest BCUT2D eigenvalue weighted by Gasteiger charge is 2.18. The van der Waals surface area contributed by atoms with Crippen molar-refractivity contribution in [1.29, 1.82) is 0 Å². The van der Waals surface area contributed by atoms with Gasteiger partial charge in [0.15, 0.2) is 0 Å². The number of aromatic carboxylic acids is 1. The van der Waals surface area contributed by atoms with Crippen molar-refractivity contribution in [3.63, 3.8) is 0 Å². The molecule has 0 saturated heterocycles. The van der Waals surface area contributed by atoms with Gasteiger partial charge in [0.25, 0.3) is 0 Å². The van der Waals surface area contributed by atoms with E-state index in [9.17, 15) is 9.18 Å². The quantitative estimate of drug-likeness (QED) is 0.938. The van der Waals surface area contributed by atoms with Crippen LogP contribution in [0.5, 0.6) is 0 Å². The first-order valence-corrected chi connectivity index (χ1v) is 6.31. The average Bonchev–Trinajstić information content (AvgIpc) is 2.65. The van der Waals surface area contributed by atoms with E-state index in [1.807, 2.05) is 0 Å². The molecule has 0 bridgehead atoms. The minimum absolute atomic E-state index is 0.0808. The van der Waals surface area contributed by atoms with Crippen molar-refractivity contribution in [2.75, 3.05) is 0 Å². The lowest BCUT2D eigenvalue weighted by atomic mass is 10.1. The lowest BCUT2D eigenvalue weighted by Crippen LogP contribution is -2.02. The number of benzene rings is 1. The second kappa shape index (κ2) is 5.04. The van der Waals surface area contributed by atoms with Crippen molar-refractivity contribution in [3.8, 4) is 0 Å². The van der Waals surface area contributed by atoms with E-state index in [0.29, 0.717) is 10.7 Å². The molecule has 0 fully saturated rings. The summed E-state index contributed by atoms with van der Waals surface area (Å²) in [7, 11) is 0. The molecule has 0 amide bonds. The lowest BCUT2D eigenvalue weighted by Gasteiger charge is -2.04. The van der Waals surface area contributed by atoms with E-state index in [2.05, 4.69) is 4.98 Å². The second-order valence-corrected chi connectivity index (χ2v) is 5.30. The average molecular weight is 286 g/mol. The van der Waals surface area contributed by atoms with Gasteiger partial charge in [-0.2, -0.15) is 0 Å². The fourth-order valence-corrected chi connectivity index (χ4v) is 2.63. The molecule has 0 radical (unpaired) electrons. The summed E-state index contributed by atoms with van der Waals surface area (Å²) in [5, 5.41) is 9.95. The summed E-state index contributed by atoms with van der Waals surface area (Å²) in [6.07, 6.45) is 0.0808. The van der Waals surface area contributed by atoms with Crippen LogP contribution in [0.25, 0.3) is 0 Å². The topological polar surface area (TPSA) is 50.2 Å². The van der Waals surface area contributed by atoms with Crippen molar-refractivity contribution >= 4 is 28.9 Å². The Morgan fingerprint density at radius 1 is 1.56 bits per heavy atom. The third kappa shape index (κ3) is 2.52. The van der Waals surface area contributed by atoms with Gasteiger partial charge < -0.3 is 5.11 Å². The first kappa shape index (κ1) is 13.0. The van der Waals surface area contributed by atoms with Crippen molar-refractivity contribution in [2.45, 2.75) is 13.3 Å². The van der Waals surface area contributed by atoms with Crippen LogP contribution in [0.3, 0.4) is 0 Å². The Kier molecular flexibility index (Phi) is 3.63. The number of aromatic nitrogens is 1. The number of thiazole rings is 1. The maximum absolute atomic E-state index is 13.6. The van der Waals surface area contributed by atoms with E-state index in [4.69, 9.17) is 16.7 Å². The van der Waals surface area contributed by atoms with Crippen LogP contribution in [0.4, 0.5) is 4.39 Å². The number of carbonyl (C=O) groups is 1. The number of aryl methyl sites for hydroxylation is 1. The Balaban J connectivity index is 2.43. The fraction of sp³-hybridized carbons (Fsp3) is 0.167. The molecule has 1 aromatic heterocycles. The number of rotatable bonds is 3. The zero-order valence-electron chi connectivity index (χ0n) is 9.41. The molecule has 0 aliphatic rings. The summed E-state index contributed by atoms with van der Waals surface area (Å²) in [6, 6.07) is 4.37. The third-order valence-corrected chi connectivity index (χ3v) is 3.76. The van der Waals surface area contributed by atoms with Gasteiger partial charge in [0, 0.05) is 17.0 Å². The summed E-state index contributed by atoms with van der Waals surface area (Å²) in [5.74, 6) is -1.51. The van der Waals surface area contributed by atoms with Gasteiger partial charge >= 0.3 is 5.97 Å². The maximum atomic E-state index is 13.6. The van der Waals surface area contributed by atoms with Gasteiger partial charge in [-0.1, -0.05) is 17.7 Å². The van der Waals surface area contributed by atoms with Crippen molar-refractivity contribution < 1.29 is 14.3 Å². The third-order valence-electron chi connectivity index (χ3n) is 2.40. The van der Waals surface area contributed by atoms with E-state index in [-0.39, 0.29) is 21.9 Å². The number of halogens is 2. The minimum Gasteiger partial charge on any atom is -0.477 e. The number of carboxylic acid groups (broad SMARTS) is 1. The molecule has 0 saturated carbocycles. The van der Waals surface area contributed by atoms with Crippen LogP contribution in [0.2, 0.25) is 5.02 Å². The summed E-state index contributed by atoms with van der Waals surface area (Å²) in [5.41, 5.74) is 0.615. The SMILES string of the molecule is Cc1nc(Cc2c(F)cccc2Cl)c(C(=O)O)s1.